The quantitative estimate of drug-likeness (QED) is 0.911. The summed E-state index contributed by atoms with van der Waals surface area (Å²) in [6.45, 7) is 3.93. The van der Waals surface area contributed by atoms with Crippen LogP contribution in [0.15, 0.2) is 36.7 Å². The van der Waals surface area contributed by atoms with Crippen LogP contribution in [0.5, 0.6) is 11.6 Å². The van der Waals surface area contributed by atoms with E-state index in [-0.39, 0.29) is 18.4 Å². The molecule has 6 nitrogen and oxygen atoms in total. The highest BCUT2D eigenvalue weighted by atomic mass is 16.5. The molecule has 1 saturated heterocycles. The first-order valence-corrected chi connectivity index (χ1v) is 8.18. The molecule has 2 heterocycles. The molecule has 1 unspecified atom stereocenters. The SMILES string of the molecule is Cc1cccc(Oc2nccnc2C2CCCN(CC(N)=O)C2)c1. The van der Waals surface area contributed by atoms with Gasteiger partial charge in [-0.3, -0.25) is 14.7 Å². The molecule has 126 valence electrons. The maximum Gasteiger partial charge on any atom is 0.241 e. The first-order chi connectivity index (χ1) is 11.6. The van der Waals surface area contributed by atoms with Crippen LogP contribution in [0.1, 0.15) is 30.0 Å². The number of hydrogen-bond acceptors (Lipinski definition) is 5. The van der Waals surface area contributed by atoms with Gasteiger partial charge in [0, 0.05) is 24.9 Å². The van der Waals surface area contributed by atoms with Crippen molar-refractivity contribution in [3.63, 3.8) is 0 Å². The maximum absolute atomic E-state index is 11.2. The molecule has 1 fully saturated rings. The first kappa shape index (κ1) is 16.4. The second-order valence-electron chi connectivity index (χ2n) is 6.21. The number of nitrogens with two attached hydrogens (primary N) is 1. The summed E-state index contributed by atoms with van der Waals surface area (Å²) >= 11 is 0. The van der Waals surface area contributed by atoms with Gasteiger partial charge in [0.05, 0.1) is 6.54 Å². The summed E-state index contributed by atoms with van der Waals surface area (Å²) in [5.74, 6) is 1.17. The minimum absolute atomic E-state index is 0.187. The Morgan fingerprint density at radius 2 is 2.21 bits per heavy atom. The van der Waals surface area contributed by atoms with E-state index in [0.717, 1.165) is 42.9 Å². The third kappa shape index (κ3) is 4.08. The fourth-order valence-electron chi connectivity index (χ4n) is 3.13. The summed E-state index contributed by atoms with van der Waals surface area (Å²) in [5.41, 5.74) is 7.29. The Balaban J connectivity index is 1.79. The molecule has 0 aliphatic carbocycles. The van der Waals surface area contributed by atoms with Crippen molar-refractivity contribution in [1.82, 2.24) is 14.9 Å². The van der Waals surface area contributed by atoms with Crippen LogP contribution in [0.25, 0.3) is 0 Å². The summed E-state index contributed by atoms with van der Waals surface area (Å²) in [7, 11) is 0. The van der Waals surface area contributed by atoms with Crippen LogP contribution >= 0.6 is 0 Å². The lowest BCUT2D eigenvalue weighted by molar-refractivity contribution is -0.119. The van der Waals surface area contributed by atoms with E-state index in [1.807, 2.05) is 31.2 Å². The highest BCUT2D eigenvalue weighted by molar-refractivity contribution is 5.75. The Kier molecular flexibility index (Phi) is 5.05. The van der Waals surface area contributed by atoms with Gasteiger partial charge < -0.3 is 10.5 Å². The minimum atomic E-state index is -0.300. The van der Waals surface area contributed by atoms with Crippen LogP contribution in [-0.2, 0) is 4.79 Å². The molecule has 3 rings (SSSR count). The number of likely N-dealkylation sites (tertiary alicyclic amines) is 1. The molecule has 0 radical (unpaired) electrons. The van der Waals surface area contributed by atoms with Gasteiger partial charge in [-0.1, -0.05) is 12.1 Å². The molecule has 0 spiro atoms. The number of rotatable bonds is 5. The van der Waals surface area contributed by atoms with Gasteiger partial charge in [-0.15, -0.1) is 0 Å². The van der Waals surface area contributed by atoms with Crippen molar-refractivity contribution in [3.8, 4) is 11.6 Å². The molecule has 6 heteroatoms. The van der Waals surface area contributed by atoms with E-state index in [4.69, 9.17) is 10.5 Å². The summed E-state index contributed by atoms with van der Waals surface area (Å²) in [4.78, 5) is 22.1. The summed E-state index contributed by atoms with van der Waals surface area (Å²) in [5, 5.41) is 0. The number of nitrogens with zero attached hydrogens (tertiary/aromatic N) is 3. The van der Waals surface area contributed by atoms with E-state index < -0.39 is 0 Å². The van der Waals surface area contributed by atoms with Crippen molar-refractivity contribution < 1.29 is 9.53 Å². The minimum Gasteiger partial charge on any atom is -0.437 e. The smallest absolute Gasteiger partial charge is 0.241 e. The zero-order chi connectivity index (χ0) is 16.9. The molecule has 2 N–H and O–H groups in total. The average molecular weight is 326 g/mol. The van der Waals surface area contributed by atoms with Gasteiger partial charge >= 0.3 is 0 Å². The van der Waals surface area contributed by atoms with Gasteiger partial charge in [-0.05, 0) is 44.0 Å². The number of amides is 1. The lowest BCUT2D eigenvalue weighted by atomic mass is 9.94. The number of carbonyl (C=O) groups is 1. The number of ether oxygens (including phenoxy) is 1. The van der Waals surface area contributed by atoms with E-state index in [1.54, 1.807) is 12.4 Å². The topological polar surface area (TPSA) is 81.3 Å². The molecule has 1 aromatic heterocycles. The van der Waals surface area contributed by atoms with Crippen LogP contribution in [0, 0.1) is 6.92 Å². The fourth-order valence-corrected chi connectivity index (χ4v) is 3.13. The summed E-state index contributed by atoms with van der Waals surface area (Å²) in [6, 6.07) is 7.85. The van der Waals surface area contributed by atoms with Crippen molar-refractivity contribution in [1.29, 1.82) is 0 Å². The van der Waals surface area contributed by atoms with Gasteiger partial charge in [0.25, 0.3) is 0 Å². The lowest BCUT2D eigenvalue weighted by Crippen LogP contribution is -2.40. The Labute approximate surface area is 141 Å². The molecule has 1 atom stereocenters. The normalized spacial score (nSPS) is 18.3. The highest BCUT2D eigenvalue weighted by Crippen LogP contribution is 2.32. The average Bonchev–Trinajstić information content (AvgIpc) is 2.55. The van der Waals surface area contributed by atoms with E-state index in [0.29, 0.717) is 5.88 Å². The molecule has 2 aromatic rings. The van der Waals surface area contributed by atoms with Gasteiger partial charge in [0.2, 0.25) is 11.8 Å². The molecular weight excluding hydrogens is 304 g/mol. The molecule has 0 bridgehead atoms. The predicted molar refractivity (Wildman–Crippen MR) is 90.9 cm³/mol. The van der Waals surface area contributed by atoms with E-state index >= 15 is 0 Å². The maximum atomic E-state index is 11.2. The predicted octanol–water partition coefficient (Wildman–Crippen LogP) is 2.24. The van der Waals surface area contributed by atoms with Crippen LogP contribution in [0.3, 0.4) is 0 Å². The monoisotopic (exact) mass is 326 g/mol. The second-order valence-corrected chi connectivity index (χ2v) is 6.21. The zero-order valence-corrected chi connectivity index (χ0v) is 13.8. The van der Waals surface area contributed by atoms with Crippen LogP contribution < -0.4 is 10.5 Å². The second kappa shape index (κ2) is 7.40. The van der Waals surface area contributed by atoms with Crippen LogP contribution in [-0.4, -0.2) is 40.4 Å². The number of aromatic nitrogens is 2. The van der Waals surface area contributed by atoms with Crippen molar-refractivity contribution in [3.05, 3.63) is 47.9 Å². The largest absolute Gasteiger partial charge is 0.437 e. The first-order valence-electron chi connectivity index (χ1n) is 8.18. The van der Waals surface area contributed by atoms with Crippen molar-refractivity contribution in [2.75, 3.05) is 19.6 Å². The van der Waals surface area contributed by atoms with Crippen molar-refractivity contribution >= 4 is 5.91 Å². The third-order valence-corrected chi connectivity index (χ3v) is 4.17. The molecule has 24 heavy (non-hydrogen) atoms. The van der Waals surface area contributed by atoms with Crippen LogP contribution in [0.4, 0.5) is 0 Å². The van der Waals surface area contributed by atoms with E-state index in [9.17, 15) is 4.79 Å². The highest BCUT2D eigenvalue weighted by Gasteiger charge is 2.26. The Hall–Kier alpha value is -2.47. The summed E-state index contributed by atoms with van der Waals surface area (Å²) < 4.78 is 5.98. The molecular formula is C18H22N4O2. The molecule has 1 aliphatic heterocycles. The van der Waals surface area contributed by atoms with E-state index in [2.05, 4.69) is 14.9 Å². The molecule has 0 saturated carbocycles. The van der Waals surface area contributed by atoms with E-state index in [1.165, 1.54) is 0 Å². The van der Waals surface area contributed by atoms with Crippen LogP contribution in [0.2, 0.25) is 0 Å². The standard InChI is InChI=1S/C18H22N4O2/c1-13-4-2-6-15(10-13)24-18-17(20-7-8-21-18)14-5-3-9-22(11-14)12-16(19)23/h2,4,6-8,10,14H,3,5,9,11-12H2,1H3,(H2,19,23). The third-order valence-electron chi connectivity index (χ3n) is 4.17. The molecule has 1 aromatic carbocycles. The van der Waals surface area contributed by atoms with Gasteiger partial charge in [0.1, 0.15) is 11.4 Å². The van der Waals surface area contributed by atoms with Gasteiger partial charge in [-0.2, -0.15) is 0 Å². The lowest BCUT2D eigenvalue weighted by Gasteiger charge is -2.31. The Morgan fingerprint density at radius 3 is 3.00 bits per heavy atom. The number of hydrogen-bond donors (Lipinski definition) is 1. The zero-order valence-electron chi connectivity index (χ0n) is 13.8. The number of primary amides is 1. The molecule has 1 amide bonds. The van der Waals surface area contributed by atoms with Crippen molar-refractivity contribution in [2.24, 2.45) is 5.73 Å². The summed E-state index contributed by atoms with van der Waals surface area (Å²) in [6.07, 6.45) is 5.32. The fraction of sp³-hybridized carbons (Fsp3) is 0.389. The number of aryl methyl sites for hydroxylation is 1. The van der Waals surface area contributed by atoms with Gasteiger partial charge in [0.15, 0.2) is 0 Å². The number of carbonyl (C=O) groups excluding carboxylic acids is 1. The Morgan fingerprint density at radius 1 is 1.38 bits per heavy atom. The number of piperidine rings is 1. The van der Waals surface area contributed by atoms with Gasteiger partial charge in [-0.25, -0.2) is 4.98 Å². The van der Waals surface area contributed by atoms with Crippen molar-refractivity contribution in [2.45, 2.75) is 25.7 Å². The Bertz CT molecular complexity index is 720. The molecule has 1 aliphatic rings. The number of benzene rings is 1.